The molecule has 16 heavy (non-hydrogen) atoms. The highest BCUT2D eigenvalue weighted by molar-refractivity contribution is 4.70. The van der Waals surface area contributed by atoms with Crippen molar-refractivity contribution in [2.24, 2.45) is 5.41 Å². The van der Waals surface area contributed by atoms with Crippen molar-refractivity contribution in [2.45, 2.75) is 79.4 Å². The molecule has 0 radical (unpaired) electrons. The molecule has 0 spiro atoms. The molecule has 98 valence electrons. The van der Waals surface area contributed by atoms with Gasteiger partial charge in [0.2, 0.25) is 0 Å². The van der Waals surface area contributed by atoms with Crippen LogP contribution in [-0.2, 0) is 0 Å². The third kappa shape index (κ3) is 9.17. The molecule has 0 amide bonds. The van der Waals surface area contributed by atoms with Crippen molar-refractivity contribution >= 4 is 0 Å². The van der Waals surface area contributed by atoms with Crippen LogP contribution < -0.4 is 10.6 Å². The van der Waals surface area contributed by atoms with Gasteiger partial charge in [-0.25, -0.2) is 0 Å². The van der Waals surface area contributed by atoms with E-state index in [0.29, 0.717) is 17.6 Å². The summed E-state index contributed by atoms with van der Waals surface area (Å²) in [5.74, 6) is 0. The summed E-state index contributed by atoms with van der Waals surface area (Å²) >= 11 is 0. The predicted molar refractivity (Wildman–Crippen MR) is 73.7 cm³/mol. The minimum atomic E-state index is 0.429. The molecule has 0 heterocycles. The summed E-state index contributed by atoms with van der Waals surface area (Å²) in [6, 6.07) is 0.669. The third-order valence-electron chi connectivity index (χ3n) is 2.94. The molecule has 2 nitrogen and oxygen atoms in total. The molecule has 0 saturated heterocycles. The maximum atomic E-state index is 3.64. The summed E-state index contributed by atoms with van der Waals surface area (Å²) in [5.41, 5.74) is 0.431. The average molecular weight is 228 g/mol. The Kier molecular flexibility index (Phi) is 8.04. The fourth-order valence-corrected chi connectivity index (χ4v) is 1.83. The summed E-state index contributed by atoms with van der Waals surface area (Å²) in [5, 5.41) is 7.19. The molecule has 2 unspecified atom stereocenters. The van der Waals surface area contributed by atoms with Gasteiger partial charge in [0, 0.05) is 6.04 Å². The van der Waals surface area contributed by atoms with Crippen LogP contribution in [0.4, 0.5) is 0 Å². The zero-order valence-corrected chi connectivity index (χ0v) is 12.2. The van der Waals surface area contributed by atoms with Crippen LogP contribution in [0.5, 0.6) is 0 Å². The van der Waals surface area contributed by atoms with Crippen molar-refractivity contribution in [1.29, 1.82) is 0 Å². The molecule has 2 heteroatoms. The lowest BCUT2D eigenvalue weighted by molar-refractivity contribution is 0.323. The van der Waals surface area contributed by atoms with Gasteiger partial charge in [-0.3, -0.25) is 5.32 Å². The zero-order chi connectivity index (χ0) is 12.6. The molecule has 0 aliphatic carbocycles. The molecule has 2 N–H and O–H groups in total. The molecule has 0 aromatic carbocycles. The average Bonchev–Trinajstić information content (AvgIpc) is 2.15. The highest BCUT2D eigenvalue weighted by Gasteiger charge is 2.12. The Morgan fingerprint density at radius 2 is 1.75 bits per heavy atom. The number of hydrogen-bond acceptors (Lipinski definition) is 2. The van der Waals surface area contributed by atoms with Gasteiger partial charge < -0.3 is 5.32 Å². The first-order valence-corrected chi connectivity index (χ1v) is 6.88. The fraction of sp³-hybridized carbons (Fsp3) is 1.00. The van der Waals surface area contributed by atoms with Crippen molar-refractivity contribution in [3.05, 3.63) is 0 Å². The molecular weight excluding hydrogens is 196 g/mol. The van der Waals surface area contributed by atoms with Crippen molar-refractivity contribution < 1.29 is 0 Å². The van der Waals surface area contributed by atoms with Crippen LogP contribution in [0.15, 0.2) is 0 Å². The van der Waals surface area contributed by atoms with Gasteiger partial charge in [0.05, 0.1) is 6.17 Å². The van der Waals surface area contributed by atoms with Crippen LogP contribution in [0.3, 0.4) is 0 Å². The van der Waals surface area contributed by atoms with E-state index in [4.69, 9.17) is 0 Å². The van der Waals surface area contributed by atoms with Crippen LogP contribution in [-0.4, -0.2) is 18.8 Å². The predicted octanol–water partition coefficient (Wildman–Crippen LogP) is 3.53. The summed E-state index contributed by atoms with van der Waals surface area (Å²) in [6.45, 7) is 14.7. The van der Waals surface area contributed by atoms with E-state index in [1.165, 1.54) is 25.7 Å². The van der Waals surface area contributed by atoms with Gasteiger partial charge in [0.1, 0.15) is 0 Å². The minimum Gasteiger partial charge on any atom is -0.302 e. The van der Waals surface area contributed by atoms with Gasteiger partial charge in [-0.1, -0.05) is 41.0 Å². The SMILES string of the molecule is CCCC(CC)NC(C)NCCC(C)(C)C. The van der Waals surface area contributed by atoms with Gasteiger partial charge in [0.25, 0.3) is 0 Å². The summed E-state index contributed by atoms with van der Waals surface area (Å²) < 4.78 is 0. The van der Waals surface area contributed by atoms with E-state index in [-0.39, 0.29) is 0 Å². The second-order valence-corrected chi connectivity index (χ2v) is 6.05. The lowest BCUT2D eigenvalue weighted by atomic mass is 9.92. The van der Waals surface area contributed by atoms with Gasteiger partial charge >= 0.3 is 0 Å². The summed E-state index contributed by atoms with van der Waals surface area (Å²) in [6.07, 6.45) is 5.42. The smallest absolute Gasteiger partial charge is 0.0544 e. The number of hydrogen-bond donors (Lipinski definition) is 2. The molecule has 0 fully saturated rings. The van der Waals surface area contributed by atoms with E-state index in [1.54, 1.807) is 0 Å². The Bertz CT molecular complexity index is 161. The second-order valence-electron chi connectivity index (χ2n) is 6.05. The Morgan fingerprint density at radius 3 is 2.19 bits per heavy atom. The van der Waals surface area contributed by atoms with Crippen LogP contribution in [0.1, 0.15) is 67.2 Å². The Balaban J connectivity index is 3.67. The normalized spacial score (nSPS) is 16.1. The Hall–Kier alpha value is -0.0800. The van der Waals surface area contributed by atoms with Gasteiger partial charge in [-0.05, 0) is 38.1 Å². The molecule has 0 saturated carbocycles. The van der Waals surface area contributed by atoms with Crippen LogP contribution >= 0.6 is 0 Å². The highest BCUT2D eigenvalue weighted by Crippen LogP contribution is 2.16. The standard InChI is InChI=1S/C14H32N2/c1-7-9-13(8-2)16-12(3)15-11-10-14(4,5)6/h12-13,15-16H,7-11H2,1-6H3. The number of nitrogens with one attached hydrogen (secondary N) is 2. The van der Waals surface area contributed by atoms with Crippen LogP contribution in [0, 0.1) is 5.41 Å². The van der Waals surface area contributed by atoms with E-state index < -0.39 is 0 Å². The Morgan fingerprint density at radius 1 is 1.12 bits per heavy atom. The monoisotopic (exact) mass is 228 g/mol. The zero-order valence-electron chi connectivity index (χ0n) is 12.2. The lowest BCUT2D eigenvalue weighted by Crippen LogP contribution is -2.45. The van der Waals surface area contributed by atoms with Gasteiger partial charge in [-0.15, -0.1) is 0 Å². The maximum absolute atomic E-state index is 3.64. The summed E-state index contributed by atoms with van der Waals surface area (Å²) in [7, 11) is 0. The van der Waals surface area contributed by atoms with Crippen molar-refractivity contribution in [2.75, 3.05) is 6.54 Å². The van der Waals surface area contributed by atoms with E-state index in [9.17, 15) is 0 Å². The first-order valence-electron chi connectivity index (χ1n) is 6.88. The van der Waals surface area contributed by atoms with Gasteiger partial charge in [0.15, 0.2) is 0 Å². The summed E-state index contributed by atoms with van der Waals surface area (Å²) in [4.78, 5) is 0. The molecule has 0 bridgehead atoms. The first-order chi connectivity index (χ1) is 7.39. The molecule has 0 aliphatic rings. The third-order valence-corrected chi connectivity index (χ3v) is 2.94. The van der Waals surface area contributed by atoms with E-state index in [0.717, 1.165) is 6.54 Å². The maximum Gasteiger partial charge on any atom is 0.0544 e. The topological polar surface area (TPSA) is 24.1 Å². The van der Waals surface area contributed by atoms with E-state index in [2.05, 4.69) is 52.2 Å². The van der Waals surface area contributed by atoms with Crippen LogP contribution in [0.2, 0.25) is 0 Å². The van der Waals surface area contributed by atoms with Gasteiger partial charge in [-0.2, -0.15) is 0 Å². The molecule has 0 aliphatic heterocycles. The fourth-order valence-electron chi connectivity index (χ4n) is 1.83. The largest absolute Gasteiger partial charge is 0.302 e. The molecule has 0 aromatic rings. The Labute approximate surface area is 103 Å². The highest BCUT2D eigenvalue weighted by atomic mass is 15.1. The minimum absolute atomic E-state index is 0.429. The first kappa shape index (κ1) is 15.9. The van der Waals surface area contributed by atoms with Crippen molar-refractivity contribution in [1.82, 2.24) is 10.6 Å². The quantitative estimate of drug-likeness (QED) is 0.621. The van der Waals surface area contributed by atoms with E-state index in [1.807, 2.05) is 0 Å². The van der Waals surface area contributed by atoms with Crippen LogP contribution in [0.25, 0.3) is 0 Å². The lowest BCUT2D eigenvalue weighted by Gasteiger charge is -2.25. The molecule has 2 atom stereocenters. The van der Waals surface area contributed by atoms with E-state index >= 15 is 0 Å². The molecular formula is C14H32N2. The second kappa shape index (κ2) is 8.08. The number of rotatable bonds is 8. The van der Waals surface area contributed by atoms with Crippen molar-refractivity contribution in [3.8, 4) is 0 Å². The molecule has 0 rings (SSSR count). The molecule has 0 aromatic heterocycles. The van der Waals surface area contributed by atoms with Crippen molar-refractivity contribution in [3.63, 3.8) is 0 Å².